The zero-order chi connectivity index (χ0) is 12.5. The number of thioether (sulfide) groups is 1. The lowest BCUT2D eigenvalue weighted by Crippen LogP contribution is -2.49. The molecular formula is C11H19F3N2S. The third-order valence-electron chi connectivity index (χ3n) is 3.91. The highest BCUT2D eigenvalue weighted by molar-refractivity contribution is 8.00. The van der Waals surface area contributed by atoms with Gasteiger partial charge >= 0.3 is 5.51 Å². The number of rotatable bonds is 4. The van der Waals surface area contributed by atoms with Gasteiger partial charge in [0.1, 0.15) is 0 Å². The maximum Gasteiger partial charge on any atom is 0.441 e. The van der Waals surface area contributed by atoms with E-state index in [-0.39, 0.29) is 17.5 Å². The maximum atomic E-state index is 12.1. The number of fused-ring (bicyclic) bond motifs is 2. The van der Waals surface area contributed by atoms with E-state index in [2.05, 4.69) is 10.2 Å². The first-order valence-corrected chi connectivity index (χ1v) is 7.12. The van der Waals surface area contributed by atoms with Crippen molar-refractivity contribution in [3.63, 3.8) is 0 Å². The average Bonchev–Trinajstić information content (AvgIpc) is 2.49. The Morgan fingerprint density at radius 3 is 2.29 bits per heavy atom. The van der Waals surface area contributed by atoms with E-state index in [9.17, 15) is 13.2 Å². The molecule has 0 aromatic rings. The highest BCUT2D eigenvalue weighted by Crippen LogP contribution is 2.37. The molecule has 6 heteroatoms. The van der Waals surface area contributed by atoms with Gasteiger partial charge in [-0.05, 0) is 44.5 Å². The van der Waals surface area contributed by atoms with Gasteiger partial charge in [0.2, 0.25) is 0 Å². The molecular weight excluding hydrogens is 249 g/mol. The summed E-state index contributed by atoms with van der Waals surface area (Å²) in [6.45, 7) is 0.579. The summed E-state index contributed by atoms with van der Waals surface area (Å²) >= 11 is 0.108. The Labute approximate surface area is 104 Å². The molecule has 0 aromatic carbocycles. The van der Waals surface area contributed by atoms with Crippen LogP contribution in [0.5, 0.6) is 0 Å². The van der Waals surface area contributed by atoms with Crippen LogP contribution in [-0.4, -0.2) is 47.9 Å². The molecule has 0 saturated carbocycles. The first-order valence-electron chi connectivity index (χ1n) is 6.13. The van der Waals surface area contributed by atoms with Crippen molar-refractivity contribution in [2.75, 3.05) is 19.3 Å². The zero-order valence-corrected chi connectivity index (χ0v) is 10.8. The molecule has 0 aliphatic carbocycles. The SMILES string of the molecule is CNC1CC2CCC(C1)N2CCSC(F)(F)F. The minimum absolute atomic E-state index is 0.108. The Morgan fingerprint density at radius 1 is 1.24 bits per heavy atom. The molecule has 0 aromatic heterocycles. The fraction of sp³-hybridized carbons (Fsp3) is 1.00. The molecule has 2 saturated heterocycles. The van der Waals surface area contributed by atoms with Crippen LogP contribution in [0.2, 0.25) is 0 Å². The predicted octanol–water partition coefficient (Wildman–Crippen LogP) is 2.45. The van der Waals surface area contributed by atoms with Gasteiger partial charge in [0, 0.05) is 30.4 Å². The Hall–Kier alpha value is 0.0600. The summed E-state index contributed by atoms with van der Waals surface area (Å²) in [5, 5.41) is 3.29. The largest absolute Gasteiger partial charge is 0.441 e. The number of nitrogens with one attached hydrogen (secondary N) is 1. The van der Waals surface area contributed by atoms with Crippen LogP contribution in [0.25, 0.3) is 0 Å². The first kappa shape index (κ1) is 13.5. The second kappa shape index (κ2) is 5.36. The van der Waals surface area contributed by atoms with Crippen molar-refractivity contribution in [1.29, 1.82) is 0 Å². The number of alkyl halides is 3. The van der Waals surface area contributed by atoms with E-state index in [1.165, 1.54) is 0 Å². The van der Waals surface area contributed by atoms with Crippen LogP contribution >= 0.6 is 11.8 Å². The van der Waals surface area contributed by atoms with Crippen molar-refractivity contribution in [1.82, 2.24) is 10.2 Å². The van der Waals surface area contributed by atoms with Gasteiger partial charge in [-0.15, -0.1) is 0 Å². The van der Waals surface area contributed by atoms with Crippen molar-refractivity contribution >= 4 is 11.8 Å². The lowest BCUT2D eigenvalue weighted by atomic mass is 9.98. The van der Waals surface area contributed by atoms with Gasteiger partial charge in [-0.1, -0.05) is 0 Å². The van der Waals surface area contributed by atoms with Crippen molar-refractivity contribution < 1.29 is 13.2 Å². The highest BCUT2D eigenvalue weighted by atomic mass is 32.2. The number of piperidine rings is 1. The van der Waals surface area contributed by atoms with E-state index in [4.69, 9.17) is 0 Å². The topological polar surface area (TPSA) is 15.3 Å². The molecule has 0 radical (unpaired) electrons. The molecule has 2 atom stereocenters. The van der Waals surface area contributed by atoms with E-state index in [1.54, 1.807) is 0 Å². The summed E-state index contributed by atoms with van der Waals surface area (Å²) in [5.74, 6) is 0.167. The molecule has 2 fully saturated rings. The Bertz CT molecular complexity index is 246. The van der Waals surface area contributed by atoms with Crippen molar-refractivity contribution in [2.24, 2.45) is 0 Å². The smallest absolute Gasteiger partial charge is 0.317 e. The van der Waals surface area contributed by atoms with Crippen LogP contribution in [0, 0.1) is 0 Å². The van der Waals surface area contributed by atoms with Gasteiger partial charge in [-0.3, -0.25) is 4.90 Å². The van der Waals surface area contributed by atoms with Gasteiger partial charge < -0.3 is 5.32 Å². The van der Waals surface area contributed by atoms with Gasteiger partial charge in [0.15, 0.2) is 0 Å². The van der Waals surface area contributed by atoms with Crippen molar-refractivity contribution in [3.05, 3.63) is 0 Å². The minimum Gasteiger partial charge on any atom is -0.317 e. The molecule has 2 unspecified atom stereocenters. The molecule has 2 heterocycles. The van der Waals surface area contributed by atoms with E-state index in [0.717, 1.165) is 25.7 Å². The summed E-state index contributed by atoms with van der Waals surface area (Å²) in [5.41, 5.74) is -4.08. The lowest BCUT2D eigenvalue weighted by Gasteiger charge is -2.38. The zero-order valence-electron chi connectivity index (χ0n) is 9.96. The molecule has 2 nitrogen and oxygen atoms in total. The fourth-order valence-corrected chi connectivity index (χ4v) is 3.68. The Balaban J connectivity index is 1.79. The fourth-order valence-electron chi connectivity index (χ4n) is 3.14. The van der Waals surface area contributed by atoms with Crippen LogP contribution in [0.15, 0.2) is 0 Å². The van der Waals surface area contributed by atoms with Crippen LogP contribution in [-0.2, 0) is 0 Å². The molecule has 2 aliphatic rings. The second-order valence-corrected chi connectivity index (χ2v) is 6.03. The molecule has 100 valence electrons. The summed E-state index contributed by atoms with van der Waals surface area (Å²) in [7, 11) is 1.97. The van der Waals surface area contributed by atoms with E-state index < -0.39 is 5.51 Å². The number of halogens is 3. The summed E-state index contributed by atoms with van der Waals surface area (Å²) in [4.78, 5) is 2.30. The standard InChI is InChI=1S/C11H19F3N2S/c1-15-8-6-9-2-3-10(7-8)16(9)4-5-17-11(12,13)14/h8-10,15H,2-7H2,1H3. The minimum atomic E-state index is -4.08. The lowest BCUT2D eigenvalue weighted by molar-refractivity contribution is -0.0330. The molecule has 0 amide bonds. The molecule has 2 bridgehead atoms. The van der Waals surface area contributed by atoms with Crippen LogP contribution < -0.4 is 5.32 Å². The van der Waals surface area contributed by atoms with Crippen molar-refractivity contribution in [3.8, 4) is 0 Å². The average molecular weight is 268 g/mol. The van der Waals surface area contributed by atoms with E-state index >= 15 is 0 Å². The van der Waals surface area contributed by atoms with Crippen LogP contribution in [0.1, 0.15) is 25.7 Å². The molecule has 1 N–H and O–H groups in total. The Morgan fingerprint density at radius 2 is 1.82 bits per heavy atom. The number of hydrogen-bond acceptors (Lipinski definition) is 3. The molecule has 2 rings (SSSR count). The van der Waals surface area contributed by atoms with Gasteiger partial charge in [0.05, 0.1) is 0 Å². The third kappa shape index (κ3) is 3.51. The summed E-state index contributed by atoms with van der Waals surface area (Å²) in [6, 6.07) is 1.55. The van der Waals surface area contributed by atoms with Gasteiger partial charge in [0.25, 0.3) is 0 Å². The number of nitrogens with zero attached hydrogens (tertiary/aromatic N) is 1. The number of hydrogen-bond donors (Lipinski definition) is 1. The molecule has 2 aliphatic heterocycles. The molecule has 0 spiro atoms. The second-order valence-electron chi connectivity index (χ2n) is 4.87. The van der Waals surface area contributed by atoms with Gasteiger partial charge in [-0.2, -0.15) is 13.2 Å². The van der Waals surface area contributed by atoms with Crippen LogP contribution in [0.4, 0.5) is 13.2 Å². The first-order chi connectivity index (χ1) is 7.99. The summed E-state index contributed by atoms with van der Waals surface area (Å²) < 4.78 is 36.2. The van der Waals surface area contributed by atoms with Crippen molar-refractivity contribution in [2.45, 2.75) is 49.3 Å². The summed E-state index contributed by atoms with van der Waals surface area (Å²) in [6.07, 6.45) is 4.48. The maximum absolute atomic E-state index is 12.1. The Kier molecular flexibility index (Phi) is 4.26. The van der Waals surface area contributed by atoms with Crippen LogP contribution in [0.3, 0.4) is 0 Å². The normalized spacial score (nSPS) is 34.2. The molecule has 17 heavy (non-hydrogen) atoms. The van der Waals surface area contributed by atoms with E-state index in [1.807, 2.05) is 7.05 Å². The highest BCUT2D eigenvalue weighted by Gasteiger charge is 2.40. The quantitative estimate of drug-likeness (QED) is 0.843. The predicted molar refractivity (Wildman–Crippen MR) is 64.1 cm³/mol. The van der Waals surface area contributed by atoms with Gasteiger partial charge in [-0.25, -0.2) is 0 Å². The third-order valence-corrected chi connectivity index (χ3v) is 4.62. The van der Waals surface area contributed by atoms with E-state index in [0.29, 0.717) is 24.7 Å². The monoisotopic (exact) mass is 268 g/mol.